The summed E-state index contributed by atoms with van der Waals surface area (Å²) in [6.07, 6.45) is 7.07. The van der Waals surface area contributed by atoms with E-state index in [-0.39, 0.29) is 5.41 Å². The van der Waals surface area contributed by atoms with Crippen molar-refractivity contribution in [2.45, 2.75) is 71.6 Å². The molecule has 6 aromatic carbocycles. The lowest BCUT2D eigenvalue weighted by atomic mass is 9.70. The van der Waals surface area contributed by atoms with E-state index in [0.717, 1.165) is 12.8 Å². The van der Waals surface area contributed by atoms with Crippen molar-refractivity contribution < 1.29 is 0 Å². The van der Waals surface area contributed by atoms with Crippen LogP contribution in [0.25, 0.3) is 38.6 Å². The molecule has 2 heteroatoms. The minimum Gasteiger partial charge on any atom is -0.310 e. The van der Waals surface area contributed by atoms with E-state index in [1.807, 2.05) is 0 Å². The number of fused-ring (bicyclic) bond motifs is 6. The maximum Gasteiger partial charge on any atom is 0.0543 e. The third-order valence-electron chi connectivity index (χ3n) is 10.9. The third-order valence-corrected chi connectivity index (χ3v) is 10.9. The Kier molecular flexibility index (Phi) is 8.12. The lowest BCUT2D eigenvalue weighted by Crippen LogP contribution is -2.26. The van der Waals surface area contributed by atoms with Crippen molar-refractivity contribution in [2.75, 3.05) is 4.90 Å². The lowest BCUT2D eigenvalue weighted by Gasteiger charge is -2.34. The summed E-state index contributed by atoms with van der Waals surface area (Å²) >= 11 is 0. The highest BCUT2D eigenvalue weighted by Crippen LogP contribution is 2.56. The molecule has 49 heavy (non-hydrogen) atoms. The van der Waals surface area contributed by atoms with Crippen molar-refractivity contribution >= 4 is 38.9 Å². The van der Waals surface area contributed by atoms with Gasteiger partial charge in [-0.2, -0.15) is 0 Å². The van der Waals surface area contributed by atoms with E-state index in [1.54, 1.807) is 0 Å². The van der Waals surface area contributed by atoms with Crippen molar-refractivity contribution in [3.63, 3.8) is 0 Å². The number of hydrogen-bond donors (Lipinski definition) is 0. The van der Waals surface area contributed by atoms with Crippen molar-refractivity contribution in [2.24, 2.45) is 0 Å². The Morgan fingerprint density at radius 1 is 0.510 bits per heavy atom. The second-order valence-corrected chi connectivity index (χ2v) is 14.1. The van der Waals surface area contributed by atoms with Crippen molar-refractivity contribution in [3.05, 3.63) is 156 Å². The highest BCUT2D eigenvalue weighted by molar-refractivity contribution is 6.09. The zero-order valence-electron chi connectivity index (χ0n) is 29.3. The Morgan fingerprint density at radius 3 is 1.55 bits per heavy atom. The highest BCUT2D eigenvalue weighted by Gasteiger charge is 2.43. The number of hydrogen-bond acceptors (Lipinski definition) is 1. The molecule has 2 nitrogen and oxygen atoms in total. The van der Waals surface area contributed by atoms with Crippen LogP contribution in [0, 0.1) is 13.8 Å². The molecule has 1 aliphatic carbocycles. The van der Waals surface area contributed by atoms with Gasteiger partial charge < -0.3 is 9.47 Å². The molecular formula is C47H46N2. The molecule has 8 rings (SSSR count). The minimum atomic E-state index is -0.0493. The average molecular weight is 639 g/mol. The van der Waals surface area contributed by atoms with Gasteiger partial charge in [0.25, 0.3) is 0 Å². The van der Waals surface area contributed by atoms with Gasteiger partial charge in [0.05, 0.1) is 11.0 Å². The number of nitrogens with zero attached hydrogens (tertiary/aromatic N) is 2. The summed E-state index contributed by atoms with van der Waals surface area (Å²) in [5.41, 5.74) is 15.7. The summed E-state index contributed by atoms with van der Waals surface area (Å²) in [7, 11) is 0. The predicted molar refractivity (Wildman–Crippen MR) is 210 cm³/mol. The normalized spacial score (nSPS) is 13.1. The average Bonchev–Trinajstić information content (AvgIpc) is 3.59. The molecular weight excluding hydrogens is 593 g/mol. The fourth-order valence-electron chi connectivity index (χ4n) is 8.49. The van der Waals surface area contributed by atoms with E-state index in [4.69, 9.17) is 0 Å². The lowest BCUT2D eigenvalue weighted by molar-refractivity contribution is 0.414. The van der Waals surface area contributed by atoms with Crippen LogP contribution in [0.3, 0.4) is 0 Å². The van der Waals surface area contributed by atoms with E-state index in [2.05, 4.69) is 171 Å². The highest BCUT2D eigenvalue weighted by atomic mass is 15.1. The van der Waals surface area contributed by atoms with Gasteiger partial charge in [-0.15, -0.1) is 0 Å². The Balaban J connectivity index is 1.36. The van der Waals surface area contributed by atoms with Crippen molar-refractivity contribution in [3.8, 4) is 16.8 Å². The minimum absolute atomic E-state index is 0.0493. The van der Waals surface area contributed by atoms with Crippen molar-refractivity contribution in [1.82, 2.24) is 4.57 Å². The SMILES string of the molecule is CCCCC1(CCCC)c2cc(N(c3ccccc3)c3ccccc3)ccc2-c2ccc(-n3c4cc(C)ccc4c4ccc(C)cc43)cc21. The number of aryl methyl sites for hydroxylation is 2. The van der Waals surface area contributed by atoms with Crippen LogP contribution in [-0.2, 0) is 5.41 Å². The van der Waals surface area contributed by atoms with Gasteiger partial charge in [0.1, 0.15) is 0 Å². The summed E-state index contributed by atoms with van der Waals surface area (Å²) in [5, 5.41) is 2.64. The molecule has 1 heterocycles. The molecule has 0 atom stereocenters. The topological polar surface area (TPSA) is 8.17 Å². The van der Waals surface area contributed by atoms with E-state index in [1.165, 1.54) is 104 Å². The van der Waals surface area contributed by atoms with E-state index < -0.39 is 0 Å². The molecule has 0 unspecified atom stereocenters. The number of unbranched alkanes of at least 4 members (excludes halogenated alkanes) is 2. The van der Waals surface area contributed by atoms with Gasteiger partial charge in [0.15, 0.2) is 0 Å². The Morgan fingerprint density at radius 2 is 1.02 bits per heavy atom. The largest absolute Gasteiger partial charge is 0.310 e. The number of para-hydroxylation sites is 2. The maximum absolute atomic E-state index is 2.57. The fraction of sp³-hybridized carbons (Fsp3) is 0.234. The summed E-state index contributed by atoms with van der Waals surface area (Å²) < 4.78 is 2.52. The molecule has 0 bridgehead atoms. The van der Waals surface area contributed by atoms with Gasteiger partial charge in [-0.25, -0.2) is 0 Å². The van der Waals surface area contributed by atoms with Crippen molar-refractivity contribution in [1.29, 1.82) is 0 Å². The number of anilines is 3. The summed E-state index contributed by atoms with van der Waals surface area (Å²) in [4.78, 5) is 2.42. The fourth-order valence-corrected chi connectivity index (χ4v) is 8.49. The van der Waals surface area contributed by atoms with Gasteiger partial charge in [0.2, 0.25) is 0 Å². The Labute approximate surface area is 291 Å². The zero-order chi connectivity index (χ0) is 33.5. The van der Waals surface area contributed by atoms with E-state index >= 15 is 0 Å². The number of rotatable bonds is 10. The summed E-state index contributed by atoms with van der Waals surface area (Å²) in [6.45, 7) is 9.09. The van der Waals surface area contributed by atoms with Crippen LogP contribution in [0.4, 0.5) is 17.1 Å². The van der Waals surface area contributed by atoms with Gasteiger partial charge in [-0.05, 0) is 121 Å². The van der Waals surface area contributed by atoms with Crippen LogP contribution >= 0.6 is 0 Å². The van der Waals surface area contributed by atoms with Crippen LogP contribution in [0.5, 0.6) is 0 Å². The zero-order valence-corrected chi connectivity index (χ0v) is 29.3. The van der Waals surface area contributed by atoms with Crippen LogP contribution in [0.15, 0.2) is 133 Å². The first-order chi connectivity index (χ1) is 24.0. The first kappa shape index (κ1) is 31.2. The van der Waals surface area contributed by atoms with E-state index in [9.17, 15) is 0 Å². The molecule has 0 spiro atoms. The molecule has 1 aromatic heterocycles. The summed E-state index contributed by atoms with van der Waals surface area (Å²) in [6, 6.07) is 50.1. The van der Waals surface area contributed by atoms with Crippen LogP contribution < -0.4 is 4.90 Å². The molecule has 0 saturated heterocycles. The monoisotopic (exact) mass is 638 g/mol. The van der Waals surface area contributed by atoms with Gasteiger partial charge >= 0.3 is 0 Å². The number of aromatic nitrogens is 1. The first-order valence-corrected chi connectivity index (χ1v) is 18.2. The predicted octanol–water partition coefficient (Wildman–Crippen LogP) is 13.5. The van der Waals surface area contributed by atoms with Crippen LogP contribution in [-0.4, -0.2) is 4.57 Å². The quantitative estimate of drug-likeness (QED) is 0.145. The Hall–Kier alpha value is -5.08. The third kappa shape index (κ3) is 5.26. The maximum atomic E-state index is 2.57. The number of benzene rings is 6. The summed E-state index contributed by atoms with van der Waals surface area (Å²) in [5.74, 6) is 0. The van der Waals surface area contributed by atoms with Gasteiger partial charge in [-0.1, -0.05) is 112 Å². The van der Waals surface area contributed by atoms with Gasteiger partial charge in [-0.3, -0.25) is 0 Å². The smallest absolute Gasteiger partial charge is 0.0543 e. The van der Waals surface area contributed by atoms with Crippen LogP contribution in [0.2, 0.25) is 0 Å². The molecule has 0 saturated carbocycles. The molecule has 0 N–H and O–H groups in total. The molecule has 0 fully saturated rings. The molecule has 0 radical (unpaired) electrons. The first-order valence-electron chi connectivity index (χ1n) is 18.2. The molecule has 1 aliphatic rings. The Bertz CT molecular complexity index is 2170. The molecule has 0 amide bonds. The second-order valence-electron chi connectivity index (χ2n) is 14.1. The molecule has 0 aliphatic heterocycles. The van der Waals surface area contributed by atoms with Gasteiger partial charge in [0, 0.05) is 38.9 Å². The standard InChI is InChI=1S/C47H46N2/c1-5-7-27-47(28-8-6-2)43-31-37(48(35-15-11-9-12-16-35)36-17-13-10-14-18-36)21-25-39(43)40-26-22-38(32-44(40)47)49-45-29-33(3)19-23-41(45)42-24-20-34(4)30-46(42)49/h9-26,29-32H,5-8,27-28H2,1-4H3. The molecule has 7 aromatic rings. The molecule has 244 valence electrons. The van der Waals surface area contributed by atoms with E-state index in [0.29, 0.717) is 0 Å². The van der Waals surface area contributed by atoms with Crippen LogP contribution in [0.1, 0.15) is 74.6 Å². The second kappa shape index (κ2) is 12.7.